The van der Waals surface area contributed by atoms with Crippen LogP contribution in [0.15, 0.2) is 10.5 Å². The zero-order valence-electron chi connectivity index (χ0n) is 8.64. The molecule has 0 bridgehead atoms. The molecule has 6 heteroatoms. The van der Waals surface area contributed by atoms with E-state index < -0.39 is 28.8 Å². The van der Waals surface area contributed by atoms with Gasteiger partial charge in [-0.3, -0.25) is 4.79 Å². The largest absolute Gasteiger partial charge is 0.506 e. The van der Waals surface area contributed by atoms with Crippen molar-refractivity contribution in [3.8, 4) is 5.75 Å². The van der Waals surface area contributed by atoms with Crippen LogP contribution in [-0.4, -0.2) is 16.2 Å². The second-order valence-electron chi connectivity index (χ2n) is 4.23. The van der Waals surface area contributed by atoms with Crippen LogP contribution < -0.4 is 0 Å². The van der Waals surface area contributed by atoms with E-state index in [0.29, 0.717) is 12.8 Å². The lowest BCUT2D eigenvalue weighted by Crippen LogP contribution is -2.16. The molecule has 0 atom stereocenters. The average Bonchev–Trinajstić information content (AvgIpc) is 2.95. The van der Waals surface area contributed by atoms with Crippen molar-refractivity contribution in [1.82, 2.24) is 0 Å². The number of phenols is 1. The molecular weight excluding hydrogens is 298 g/mol. The molecule has 0 saturated heterocycles. The first-order valence-electron chi connectivity index (χ1n) is 4.96. The second-order valence-corrected chi connectivity index (χ2v) is 5.08. The number of benzene rings is 1. The monoisotopic (exact) mass is 306 g/mol. The van der Waals surface area contributed by atoms with Crippen molar-refractivity contribution in [2.75, 3.05) is 0 Å². The minimum atomic E-state index is -1.16. The number of aromatic hydroxyl groups is 1. The Labute approximate surface area is 104 Å². The van der Waals surface area contributed by atoms with E-state index >= 15 is 0 Å². The molecule has 0 spiro atoms. The zero-order valence-corrected chi connectivity index (χ0v) is 10.2. The minimum Gasteiger partial charge on any atom is -0.506 e. The standard InChI is InChI=1S/C11H9BrF2O3/c12-5-3-6(13)9(14)8(10(5)17)11(1-2-11)4-7(15)16/h3,17H,1-2,4H2,(H,15,16). The van der Waals surface area contributed by atoms with Crippen LogP contribution in [0.4, 0.5) is 8.78 Å². The highest BCUT2D eigenvalue weighted by Gasteiger charge is 2.50. The SMILES string of the molecule is O=C(O)CC1(c2c(O)c(Br)cc(F)c2F)CC1. The number of carboxylic acid groups (broad SMARTS) is 1. The van der Waals surface area contributed by atoms with Crippen LogP contribution in [0.3, 0.4) is 0 Å². The third kappa shape index (κ3) is 2.01. The minimum absolute atomic E-state index is 0.0306. The molecule has 1 fully saturated rings. The van der Waals surface area contributed by atoms with Gasteiger partial charge in [0.05, 0.1) is 10.9 Å². The number of carbonyl (C=O) groups is 1. The molecule has 3 nitrogen and oxygen atoms in total. The first-order chi connectivity index (χ1) is 7.87. The molecule has 0 amide bonds. The topological polar surface area (TPSA) is 57.5 Å². The Bertz CT molecular complexity index is 472. The maximum absolute atomic E-state index is 13.7. The highest BCUT2D eigenvalue weighted by Crippen LogP contribution is 2.56. The van der Waals surface area contributed by atoms with Crippen molar-refractivity contribution in [2.45, 2.75) is 24.7 Å². The Morgan fingerprint density at radius 1 is 1.47 bits per heavy atom. The highest BCUT2D eigenvalue weighted by atomic mass is 79.9. The molecule has 2 N–H and O–H groups in total. The number of halogens is 3. The van der Waals surface area contributed by atoms with Crippen LogP contribution in [0.1, 0.15) is 24.8 Å². The van der Waals surface area contributed by atoms with Gasteiger partial charge in [-0.1, -0.05) is 0 Å². The number of carboxylic acids is 1. The van der Waals surface area contributed by atoms with Crippen molar-refractivity contribution in [2.24, 2.45) is 0 Å². The smallest absolute Gasteiger partial charge is 0.304 e. The van der Waals surface area contributed by atoms with Gasteiger partial charge in [0.15, 0.2) is 11.6 Å². The predicted octanol–water partition coefficient (Wildman–Crippen LogP) is 2.94. The van der Waals surface area contributed by atoms with Crippen LogP contribution >= 0.6 is 15.9 Å². The zero-order chi connectivity index (χ0) is 12.8. The Morgan fingerprint density at radius 2 is 2.06 bits per heavy atom. The summed E-state index contributed by atoms with van der Waals surface area (Å²) in [4.78, 5) is 10.7. The van der Waals surface area contributed by atoms with Gasteiger partial charge in [0.2, 0.25) is 0 Å². The van der Waals surface area contributed by atoms with E-state index in [1.807, 2.05) is 0 Å². The quantitative estimate of drug-likeness (QED) is 0.844. The fraction of sp³-hybridized carbons (Fsp3) is 0.364. The van der Waals surface area contributed by atoms with Crippen LogP contribution in [0.5, 0.6) is 5.75 Å². The Hall–Kier alpha value is -1.17. The summed E-state index contributed by atoms with van der Waals surface area (Å²) in [7, 11) is 0. The van der Waals surface area contributed by atoms with Gasteiger partial charge in [-0.2, -0.15) is 0 Å². The van der Waals surface area contributed by atoms with E-state index in [1.54, 1.807) is 0 Å². The van der Waals surface area contributed by atoms with Crippen LogP contribution in [0, 0.1) is 11.6 Å². The lowest BCUT2D eigenvalue weighted by molar-refractivity contribution is -0.137. The van der Waals surface area contributed by atoms with Gasteiger partial charge in [-0.15, -0.1) is 0 Å². The van der Waals surface area contributed by atoms with Crippen molar-refractivity contribution in [1.29, 1.82) is 0 Å². The van der Waals surface area contributed by atoms with Crippen LogP contribution in [-0.2, 0) is 10.2 Å². The van der Waals surface area contributed by atoms with Gasteiger partial charge < -0.3 is 10.2 Å². The molecular formula is C11H9BrF2O3. The fourth-order valence-electron chi connectivity index (χ4n) is 2.03. The maximum Gasteiger partial charge on any atom is 0.304 e. The van der Waals surface area contributed by atoms with Gasteiger partial charge in [-0.05, 0) is 34.8 Å². The summed E-state index contributed by atoms with van der Waals surface area (Å²) in [6.07, 6.45) is 0.548. The Morgan fingerprint density at radius 3 is 2.53 bits per heavy atom. The summed E-state index contributed by atoms with van der Waals surface area (Å²) in [6.45, 7) is 0. The van der Waals surface area contributed by atoms with Crippen molar-refractivity contribution < 1.29 is 23.8 Å². The third-order valence-electron chi connectivity index (χ3n) is 3.02. The molecule has 92 valence electrons. The summed E-state index contributed by atoms with van der Waals surface area (Å²) >= 11 is 2.91. The normalized spacial score (nSPS) is 16.9. The molecule has 1 aromatic rings. The Kier molecular flexibility index (Phi) is 2.85. The second kappa shape index (κ2) is 3.94. The van der Waals surface area contributed by atoms with Gasteiger partial charge in [0.25, 0.3) is 0 Å². The first kappa shape index (κ1) is 12.3. The van der Waals surface area contributed by atoms with Gasteiger partial charge in [-0.25, -0.2) is 8.78 Å². The highest BCUT2D eigenvalue weighted by molar-refractivity contribution is 9.10. The van der Waals surface area contributed by atoms with E-state index in [0.717, 1.165) is 6.07 Å². The molecule has 0 radical (unpaired) electrons. The van der Waals surface area contributed by atoms with E-state index in [4.69, 9.17) is 5.11 Å². The third-order valence-corrected chi connectivity index (χ3v) is 3.62. The summed E-state index contributed by atoms with van der Waals surface area (Å²) < 4.78 is 27.0. The summed E-state index contributed by atoms with van der Waals surface area (Å²) in [5, 5.41) is 18.5. The number of aliphatic carboxylic acids is 1. The van der Waals surface area contributed by atoms with Crippen molar-refractivity contribution >= 4 is 21.9 Å². The lowest BCUT2D eigenvalue weighted by atomic mass is 9.91. The summed E-state index contributed by atoms with van der Waals surface area (Å²) in [5.74, 6) is -3.77. The molecule has 1 aliphatic rings. The van der Waals surface area contributed by atoms with E-state index in [1.165, 1.54) is 0 Å². The van der Waals surface area contributed by atoms with Crippen molar-refractivity contribution in [3.05, 3.63) is 27.7 Å². The number of hydrogen-bond acceptors (Lipinski definition) is 2. The molecule has 2 rings (SSSR count). The predicted molar refractivity (Wildman–Crippen MR) is 58.9 cm³/mol. The molecule has 0 unspecified atom stereocenters. The molecule has 1 saturated carbocycles. The van der Waals surface area contributed by atoms with Crippen molar-refractivity contribution in [3.63, 3.8) is 0 Å². The molecule has 0 heterocycles. The molecule has 0 aliphatic heterocycles. The Balaban J connectivity index is 2.55. The number of rotatable bonds is 3. The number of phenolic OH excluding ortho intramolecular Hbond substituents is 1. The van der Waals surface area contributed by atoms with E-state index in [2.05, 4.69) is 15.9 Å². The molecule has 1 aliphatic carbocycles. The van der Waals surface area contributed by atoms with Gasteiger partial charge >= 0.3 is 5.97 Å². The first-order valence-corrected chi connectivity index (χ1v) is 5.75. The van der Waals surface area contributed by atoms with Gasteiger partial charge in [0.1, 0.15) is 5.75 Å². The molecule has 17 heavy (non-hydrogen) atoms. The van der Waals surface area contributed by atoms with Crippen LogP contribution in [0.25, 0.3) is 0 Å². The summed E-state index contributed by atoms with van der Waals surface area (Å²) in [6, 6.07) is 0.824. The maximum atomic E-state index is 13.7. The fourth-order valence-corrected chi connectivity index (χ4v) is 2.42. The lowest BCUT2D eigenvalue weighted by Gasteiger charge is -2.17. The summed E-state index contributed by atoms with van der Waals surface area (Å²) in [5.41, 5.74) is -1.20. The molecule has 1 aromatic carbocycles. The average molecular weight is 307 g/mol. The van der Waals surface area contributed by atoms with E-state index in [9.17, 15) is 18.7 Å². The molecule has 0 aromatic heterocycles. The van der Waals surface area contributed by atoms with E-state index in [-0.39, 0.29) is 16.5 Å². The number of hydrogen-bond donors (Lipinski definition) is 2. The van der Waals surface area contributed by atoms with Gasteiger partial charge in [0, 0.05) is 11.0 Å². The van der Waals surface area contributed by atoms with Crippen LogP contribution in [0.2, 0.25) is 0 Å².